The first kappa shape index (κ1) is 16.3. The predicted octanol–water partition coefficient (Wildman–Crippen LogP) is 1.79. The Balaban J connectivity index is 1.89. The van der Waals surface area contributed by atoms with E-state index < -0.39 is 5.97 Å². The van der Waals surface area contributed by atoms with Crippen molar-refractivity contribution < 1.29 is 24.2 Å². The SMILES string of the molecule is CN(CCC(=O)O)C(=O)c1ccc(OC2CCOCC2)cc1. The Morgan fingerprint density at radius 3 is 2.50 bits per heavy atom. The van der Waals surface area contributed by atoms with Crippen molar-refractivity contribution in [2.45, 2.75) is 25.4 Å². The maximum absolute atomic E-state index is 12.1. The molecule has 6 heteroatoms. The third kappa shape index (κ3) is 4.73. The molecule has 1 fully saturated rings. The number of nitrogens with zero attached hydrogens (tertiary/aromatic N) is 1. The van der Waals surface area contributed by atoms with Gasteiger partial charge in [-0.3, -0.25) is 9.59 Å². The Labute approximate surface area is 129 Å². The molecular weight excluding hydrogens is 286 g/mol. The molecule has 0 spiro atoms. The molecule has 1 heterocycles. The van der Waals surface area contributed by atoms with Crippen LogP contribution in [0.1, 0.15) is 29.6 Å². The Morgan fingerprint density at radius 2 is 1.91 bits per heavy atom. The number of aliphatic carboxylic acids is 1. The minimum Gasteiger partial charge on any atom is -0.490 e. The van der Waals surface area contributed by atoms with E-state index >= 15 is 0 Å². The van der Waals surface area contributed by atoms with Crippen molar-refractivity contribution >= 4 is 11.9 Å². The zero-order valence-corrected chi connectivity index (χ0v) is 12.7. The normalized spacial score (nSPS) is 15.3. The highest BCUT2D eigenvalue weighted by atomic mass is 16.5. The summed E-state index contributed by atoms with van der Waals surface area (Å²) in [6.07, 6.45) is 1.85. The molecule has 0 aromatic heterocycles. The van der Waals surface area contributed by atoms with Crippen molar-refractivity contribution in [1.29, 1.82) is 0 Å². The van der Waals surface area contributed by atoms with Crippen LogP contribution in [0.4, 0.5) is 0 Å². The number of carboxylic acids is 1. The quantitative estimate of drug-likeness (QED) is 0.867. The second-order valence-electron chi connectivity index (χ2n) is 5.32. The van der Waals surface area contributed by atoms with Crippen molar-refractivity contribution in [1.82, 2.24) is 4.90 Å². The number of benzene rings is 1. The molecule has 1 amide bonds. The maximum atomic E-state index is 12.1. The highest BCUT2D eigenvalue weighted by Gasteiger charge is 2.16. The van der Waals surface area contributed by atoms with Gasteiger partial charge >= 0.3 is 5.97 Å². The van der Waals surface area contributed by atoms with E-state index in [0.717, 1.165) is 31.8 Å². The van der Waals surface area contributed by atoms with Crippen LogP contribution in [0.15, 0.2) is 24.3 Å². The van der Waals surface area contributed by atoms with Gasteiger partial charge in [0.15, 0.2) is 0 Å². The second-order valence-corrected chi connectivity index (χ2v) is 5.32. The van der Waals surface area contributed by atoms with Crippen molar-refractivity contribution in [3.8, 4) is 5.75 Å². The molecule has 22 heavy (non-hydrogen) atoms. The molecule has 1 saturated heterocycles. The van der Waals surface area contributed by atoms with Crippen LogP contribution < -0.4 is 4.74 Å². The summed E-state index contributed by atoms with van der Waals surface area (Å²) in [6, 6.07) is 6.95. The molecule has 1 N–H and O–H groups in total. The van der Waals surface area contributed by atoms with E-state index in [1.54, 1.807) is 31.3 Å². The van der Waals surface area contributed by atoms with Crippen molar-refractivity contribution in [2.24, 2.45) is 0 Å². The zero-order valence-electron chi connectivity index (χ0n) is 12.7. The molecule has 1 aromatic carbocycles. The van der Waals surface area contributed by atoms with Gasteiger partial charge in [-0.25, -0.2) is 0 Å². The predicted molar refractivity (Wildman–Crippen MR) is 80.1 cm³/mol. The number of ether oxygens (including phenoxy) is 2. The molecule has 1 aliphatic heterocycles. The van der Waals surface area contributed by atoms with Crippen LogP contribution in [0, 0.1) is 0 Å². The van der Waals surface area contributed by atoms with Crippen LogP contribution in [-0.2, 0) is 9.53 Å². The molecule has 0 atom stereocenters. The van der Waals surface area contributed by atoms with Crippen LogP contribution in [0.3, 0.4) is 0 Å². The van der Waals surface area contributed by atoms with Gasteiger partial charge in [-0.15, -0.1) is 0 Å². The summed E-state index contributed by atoms with van der Waals surface area (Å²) in [6.45, 7) is 1.62. The zero-order chi connectivity index (χ0) is 15.9. The lowest BCUT2D eigenvalue weighted by molar-refractivity contribution is -0.137. The molecule has 0 aliphatic carbocycles. The topological polar surface area (TPSA) is 76.1 Å². The van der Waals surface area contributed by atoms with E-state index in [4.69, 9.17) is 14.6 Å². The molecule has 0 saturated carbocycles. The molecule has 1 aliphatic rings. The van der Waals surface area contributed by atoms with E-state index in [1.807, 2.05) is 0 Å². The highest BCUT2D eigenvalue weighted by molar-refractivity contribution is 5.94. The smallest absolute Gasteiger partial charge is 0.305 e. The monoisotopic (exact) mass is 307 g/mol. The van der Waals surface area contributed by atoms with Gasteiger partial charge in [0.25, 0.3) is 5.91 Å². The van der Waals surface area contributed by atoms with Crippen LogP contribution in [0.5, 0.6) is 5.75 Å². The average molecular weight is 307 g/mol. The van der Waals surface area contributed by atoms with Gasteiger partial charge < -0.3 is 19.5 Å². The molecular formula is C16H21NO5. The van der Waals surface area contributed by atoms with Gasteiger partial charge in [-0.05, 0) is 24.3 Å². The fourth-order valence-electron chi connectivity index (χ4n) is 2.25. The van der Waals surface area contributed by atoms with Crippen LogP contribution in [-0.4, -0.2) is 54.8 Å². The minimum atomic E-state index is -0.917. The largest absolute Gasteiger partial charge is 0.490 e. The lowest BCUT2D eigenvalue weighted by Crippen LogP contribution is -2.29. The summed E-state index contributed by atoms with van der Waals surface area (Å²) >= 11 is 0. The van der Waals surface area contributed by atoms with Crippen LogP contribution in [0.2, 0.25) is 0 Å². The summed E-state index contributed by atoms with van der Waals surface area (Å²) in [4.78, 5) is 24.1. The number of rotatable bonds is 6. The van der Waals surface area contributed by atoms with Gasteiger partial charge in [-0.1, -0.05) is 0 Å². The molecule has 6 nitrogen and oxygen atoms in total. The van der Waals surface area contributed by atoms with E-state index in [-0.39, 0.29) is 25.0 Å². The number of carboxylic acid groups (broad SMARTS) is 1. The number of hydrogen-bond acceptors (Lipinski definition) is 4. The minimum absolute atomic E-state index is 0.0623. The summed E-state index contributed by atoms with van der Waals surface area (Å²) < 4.78 is 11.1. The molecule has 0 bridgehead atoms. The van der Waals surface area contributed by atoms with Gasteiger partial charge in [0.05, 0.1) is 19.6 Å². The molecule has 1 aromatic rings. The van der Waals surface area contributed by atoms with Gasteiger partial charge in [0.2, 0.25) is 0 Å². The summed E-state index contributed by atoms with van der Waals surface area (Å²) in [5, 5.41) is 8.64. The second kappa shape index (κ2) is 7.79. The third-order valence-electron chi connectivity index (χ3n) is 3.58. The summed E-state index contributed by atoms with van der Waals surface area (Å²) in [5.41, 5.74) is 0.521. The lowest BCUT2D eigenvalue weighted by Gasteiger charge is -2.23. The van der Waals surface area contributed by atoms with Crippen molar-refractivity contribution in [2.75, 3.05) is 26.8 Å². The Morgan fingerprint density at radius 1 is 1.27 bits per heavy atom. The summed E-state index contributed by atoms with van der Waals surface area (Å²) in [7, 11) is 1.59. The highest BCUT2D eigenvalue weighted by Crippen LogP contribution is 2.19. The van der Waals surface area contributed by atoms with Gasteiger partial charge in [0.1, 0.15) is 11.9 Å². The number of carbonyl (C=O) groups is 2. The van der Waals surface area contributed by atoms with Gasteiger partial charge in [-0.2, -0.15) is 0 Å². The molecule has 2 rings (SSSR count). The Hall–Kier alpha value is -2.08. The van der Waals surface area contributed by atoms with E-state index in [2.05, 4.69) is 0 Å². The fraction of sp³-hybridized carbons (Fsp3) is 0.500. The van der Waals surface area contributed by atoms with Crippen molar-refractivity contribution in [3.63, 3.8) is 0 Å². The first-order valence-corrected chi connectivity index (χ1v) is 7.38. The van der Waals surface area contributed by atoms with E-state index in [0.29, 0.717) is 5.56 Å². The van der Waals surface area contributed by atoms with Crippen LogP contribution in [0.25, 0.3) is 0 Å². The molecule has 0 radical (unpaired) electrons. The molecule has 120 valence electrons. The van der Waals surface area contributed by atoms with E-state index in [1.165, 1.54) is 4.90 Å². The first-order valence-electron chi connectivity index (χ1n) is 7.38. The number of hydrogen-bond donors (Lipinski definition) is 1. The van der Waals surface area contributed by atoms with E-state index in [9.17, 15) is 9.59 Å². The first-order chi connectivity index (χ1) is 10.6. The lowest BCUT2D eigenvalue weighted by atomic mass is 10.1. The average Bonchev–Trinajstić information content (AvgIpc) is 2.53. The standard InChI is InChI=1S/C16H21NO5/c1-17(9-6-15(18)19)16(20)12-2-4-13(5-3-12)22-14-7-10-21-11-8-14/h2-5,14H,6-11H2,1H3,(H,18,19). The third-order valence-corrected chi connectivity index (χ3v) is 3.58. The molecule has 0 unspecified atom stereocenters. The summed E-state index contributed by atoms with van der Waals surface area (Å²) in [5.74, 6) is -0.379. The fourth-order valence-corrected chi connectivity index (χ4v) is 2.25. The maximum Gasteiger partial charge on any atom is 0.305 e. The van der Waals surface area contributed by atoms with Gasteiger partial charge in [0, 0.05) is 32.0 Å². The Kier molecular flexibility index (Phi) is 5.77. The van der Waals surface area contributed by atoms with Crippen molar-refractivity contribution in [3.05, 3.63) is 29.8 Å². The number of carbonyl (C=O) groups excluding carboxylic acids is 1. The Bertz CT molecular complexity index is 508. The number of amides is 1. The van der Waals surface area contributed by atoms with Crippen LogP contribution >= 0.6 is 0 Å².